The summed E-state index contributed by atoms with van der Waals surface area (Å²) in [4.78, 5) is 14.9. The maximum absolute atomic E-state index is 12.8. The molecule has 3 rings (SSSR count). The van der Waals surface area contributed by atoms with Crippen LogP contribution in [0.3, 0.4) is 0 Å². The first-order chi connectivity index (χ1) is 9.13. The van der Waals surface area contributed by atoms with Gasteiger partial charge in [-0.2, -0.15) is 0 Å². The van der Waals surface area contributed by atoms with Crippen LogP contribution >= 0.6 is 0 Å². The molecule has 1 aromatic heterocycles. The number of nitrogens with zero attached hydrogens (tertiary/aromatic N) is 2. The highest BCUT2D eigenvalue weighted by Crippen LogP contribution is 2.35. The van der Waals surface area contributed by atoms with E-state index in [4.69, 9.17) is 0 Å². The normalized spacial score (nSPS) is 29.8. The van der Waals surface area contributed by atoms with Crippen molar-refractivity contribution in [3.8, 4) is 0 Å². The topological polar surface area (TPSA) is 37.3 Å². The molecule has 0 aromatic carbocycles. The van der Waals surface area contributed by atoms with E-state index in [9.17, 15) is 4.79 Å². The minimum absolute atomic E-state index is 0.205. The number of rotatable bonds is 2. The number of nitrogens with one attached hydrogen (secondary N) is 1. The zero-order valence-electron chi connectivity index (χ0n) is 12.0. The first kappa shape index (κ1) is 12.7. The third kappa shape index (κ3) is 1.89. The lowest BCUT2D eigenvalue weighted by molar-refractivity contribution is 0.0701. The van der Waals surface area contributed by atoms with Crippen molar-refractivity contribution >= 4 is 5.91 Å². The average molecular weight is 261 g/mol. The summed E-state index contributed by atoms with van der Waals surface area (Å²) in [5.74, 6) is 1.50. The van der Waals surface area contributed by atoms with Gasteiger partial charge in [-0.1, -0.05) is 6.92 Å². The first-order valence-electron chi connectivity index (χ1n) is 7.27. The average Bonchev–Trinajstić information content (AvgIpc) is 3.04. The van der Waals surface area contributed by atoms with Crippen LogP contribution in [0.1, 0.15) is 29.5 Å². The minimum Gasteiger partial charge on any atom is -0.344 e. The van der Waals surface area contributed by atoms with Crippen LogP contribution in [0.25, 0.3) is 0 Å². The van der Waals surface area contributed by atoms with Crippen molar-refractivity contribution in [2.45, 2.75) is 26.3 Å². The molecule has 0 radical (unpaired) electrons. The third-order valence-corrected chi connectivity index (χ3v) is 4.99. The Kier molecular flexibility index (Phi) is 3.13. The van der Waals surface area contributed by atoms with Gasteiger partial charge in [-0.25, -0.2) is 0 Å². The summed E-state index contributed by atoms with van der Waals surface area (Å²) in [5.41, 5.74) is 1.96. The second-order valence-electron chi connectivity index (χ2n) is 5.93. The predicted molar refractivity (Wildman–Crippen MR) is 75.1 cm³/mol. The van der Waals surface area contributed by atoms with E-state index in [1.807, 2.05) is 30.7 Å². The van der Waals surface area contributed by atoms with Gasteiger partial charge in [0.25, 0.3) is 5.91 Å². The fourth-order valence-electron chi connectivity index (χ4n) is 3.75. The van der Waals surface area contributed by atoms with E-state index < -0.39 is 0 Å². The molecule has 19 heavy (non-hydrogen) atoms. The van der Waals surface area contributed by atoms with E-state index in [-0.39, 0.29) is 5.91 Å². The number of aryl methyl sites for hydroxylation is 1. The lowest BCUT2D eigenvalue weighted by atomic mass is 9.93. The molecule has 2 fully saturated rings. The van der Waals surface area contributed by atoms with Gasteiger partial charge < -0.3 is 14.8 Å². The minimum atomic E-state index is 0.205. The second-order valence-corrected chi connectivity index (χ2v) is 5.93. The lowest BCUT2D eigenvalue weighted by Crippen LogP contribution is -2.40. The zero-order chi connectivity index (χ0) is 13.6. The maximum atomic E-state index is 12.8. The number of aromatic nitrogens is 1. The molecule has 0 saturated carbocycles. The van der Waals surface area contributed by atoms with Crippen LogP contribution in [0.5, 0.6) is 0 Å². The van der Waals surface area contributed by atoms with Crippen molar-refractivity contribution in [3.63, 3.8) is 0 Å². The van der Waals surface area contributed by atoms with Gasteiger partial charge in [0.2, 0.25) is 0 Å². The molecule has 1 N–H and O–H groups in total. The first-order valence-corrected chi connectivity index (χ1v) is 7.27. The molecule has 2 aliphatic rings. The van der Waals surface area contributed by atoms with E-state index in [1.165, 1.54) is 0 Å². The lowest BCUT2D eigenvalue weighted by Gasteiger charge is -2.27. The van der Waals surface area contributed by atoms with Gasteiger partial charge in [-0.05, 0) is 37.3 Å². The number of amides is 1. The number of likely N-dealkylation sites (tertiary alicyclic amines) is 1. The highest BCUT2D eigenvalue weighted by Gasteiger charge is 2.45. The molecule has 3 atom stereocenters. The zero-order valence-corrected chi connectivity index (χ0v) is 12.0. The van der Waals surface area contributed by atoms with E-state index in [2.05, 4.69) is 17.1 Å². The Hall–Kier alpha value is -1.29. The largest absolute Gasteiger partial charge is 0.344 e. The van der Waals surface area contributed by atoms with E-state index in [0.717, 1.165) is 37.4 Å². The van der Waals surface area contributed by atoms with Crippen LogP contribution in [0.4, 0.5) is 0 Å². The molecule has 1 amide bonds. The van der Waals surface area contributed by atoms with Crippen molar-refractivity contribution in [3.05, 3.63) is 23.5 Å². The molecule has 3 heterocycles. The third-order valence-electron chi connectivity index (χ3n) is 4.99. The molecular formula is C15H23N3O. The van der Waals surface area contributed by atoms with Gasteiger partial charge in [0.05, 0.1) is 0 Å². The van der Waals surface area contributed by atoms with Gasteiger partial charge >= 0.3 is 0 Å². The van der Waals surface area contributed by atoms with Crippen molar-refractivity contribution in [2.24, 2.45) is 18.9 Å². The molecule has 1 aromatic rings. The number of hydrogen-bond donors (Lipinski definition) is 1. The SMILES string of the molecule is CCC1C2CNCC2CN1C(=O)c1ccc(C)n1C. The van der Waals surface area contributed by atoms with E-state index >= 15 is 0 Å². The number of carbonyl (C=O) groups is 1. The Balaban J connectivity index is 1.86. The molecule has 0 aliphatic carbocycles. The molecule has 4 nitrogen and oxygen atoms in total. The molecule has 4 heteroatoms. The van der Waals surface area contributed by atoms with Gasteiger partial charge in [0, 0.05) is 38.4 Å². The van der Waals surface area contributed by atoms with Crippen molar-refractivity contribution in [2.75, 3.05) is 19.6 Å². The van der Waals surface area contributed by atoms with Gasteiger partial charge in [0.1, 0.15) is 5.69 Å². The second kappa shape index (κ2) is 4.67. The number of carbonyl (C=O) groups excluding carboxylic acids is 1. The number of fused-ring (bicyclic) bond motifs is 1. The smallest absolute Gasteiger partial charge is 0.270 e. The van der Waals surface area contributed by atoms with Gasteiger partial charge in [-0.3, -0.25) is 4.79 Å². The van der Waals surface area contributed by atoms with Crippen LogP contribution < -0.4 is 5.32 Å². The quantitative estimate of drug-likeness (QED) is 0.874. The Labute approximate surface area is 114 Å². The fourth-order valence-corrected chi connectivity index (χ4v) is 3.75. The summed E-state index contributed by atoms with van der Waals surface area (Å²) < 4.78 is 2.00. The summed E-state index contributed by atoms with van der Waals surface area (Å²) >= 11 is 0. The fraction of sp³-hybridized carbons (Fsp3) is 0.667. The summed E-state index contributed by atoms with van der Waals surface area (Å²) in [5, 5.41) is 3.46. The van der Waals surface area contributed by atoms with Crippen molar-refractivity contribution in [1.82, 2.24) is 14.8 Å². The molecular weight excluding hydrogens is 238 g/mol. The monoisotopic (exact) mass is 261 g/mol. The summed E-state index contributed by atoms with van der Waals surface area (Å²) in [7, 11) is 1.97. The van der Waals surface area contributed by atoms with Crippen LogP contribution in [0.15, 0.2) is 12.1 Å². The van der Waals surface area contributed by atoms with Crippen molar-refractivity contribution < 1.29 is 4.79 Å². The molecule has 2 aliphatic heterocycles. The Morgan fingerprint density at radius 1 is 1.42 bits per heavy atom. The van der Waals surface area contributed by atoms with Crippen LogP contribution in [0, 0.1) is 18.8 Å². The maximum Gasteiger partial charge on any atom is 0.270 e. The highest BCUT2D eigenvalue weighted by molar-refractivity contribution is 5.93. The standard InChI is InChI=1S/C15H23N3O/c1-4-13-12-8-16-7-11(12)9-18(13)15(19)14-6-5-10(2)17(14)3/h5-6,11-13,16H,4,7-9H2,1-3H3. The van der Waals surface area contributed by atoms with E-state index in [0.29, 0.717) is 17.9 Å². The Bertz CT molecular complexity index is 494. The Morgan fingerprint density at radius 3 is 2.84 bits per heavy atom. The summed E-state index contributed by atoms with van der Waals surface area (Å²) in [6.45, 7) is 7.29. The molecule has 0 spiro atoms. The molecule has 104 valence electrons. The summed E-state index contributed by atoms with van der Waals surface area (Å²) in [6.07, 6.45) is 1.05. The van der Waals surface area contributed by atoms with Gasteiger partial charge in [-0.15, -0.1) is 0 Å². The summed E-state index contributed by atoms with van der Waals surface area (Å²) in [6, 6.07) is 4.38. The van der Waals surface area contributed by atoms with Crippen molar-refractivity contribution in [1.29, 1.82) is 0 Å². The van der Waals surface area contributed by atoms with Crippen LogP contribution in [-0.4, -0.2) is 41.1 Å². The highest BCUT2D eigenvalue weighted by atomic mass is 16.2. The molecule has 2 saturated heterocycles. The molecule has 3 unspecified atom stereocenters. The Morgan fingerprint density at radius 2 is 2.21 bits per heavy atom. The van der Waals surface area contributed by atoms with Crippen LogP contribution in [0.2, 0.25) is 0 Å². The van der Waals surface area contributed by atoms with E-state index in [1.54, 1.807) is 0 Å². The number of hydrogen-bond acceptors (Lipinski definition) is 2. The van der Waals surface area contributed by atoms with Gasteiger partial charge in [0.15, 0.2) is 0 Å². The predicted octanol–water partition coefficient (Wildman–Crippen LogP) is 1.40. The van der Waals surface area contributed by atoms with Crippen LogP contribution in [-0.2, 0) is 7.05 Å². The molecule has 0 bridgehead atoms.